The lowest BCUT2D eigenvalue weighted by Crippen LogP contribution is -2.33. The summed E-state index contributed by atoms with van der Waals surface area (Å²) < 4.78 is 1.80. The first-order valence-electron chi connectivity index (χ1n) is 9.10. The SMILES string of the molecule is Cc1ccc(N2CC[C@]3(CCn4c3nnc(-c3ccncc3)c4=O)C2)nn1. The van der Waals surface area contributed by atoms with Crippen molar-refractivity contribution in [3.63, 3.8) is 0 Å². The van der Waals surface area contributed by atoms with Crippen molar-refractivity contribution in [2.24, 2.45) is 0 Å². The van der Waals surface area contributed by atoms with Crippen molar-refractivity contribution in [3.8, 4) is 11.3 Å². The van der Waals surface area contributed by atoms with Crippen molar-refractivity contribution in [3.05, 3.63) is 58.5 Å². The van der Waals surface area contributed by atoms with Gasteiger partial charge in [-0.05, 0) is 44.0 Å². The van der Waals surface area contributed by atoms with Gasteiger partial charge < -0.3 is 4.90 Å². The van der Waals surface area contributed by atoms with Gasteiger partial charge in [0.05, 0.1) is 11.1 Å². The molecule has 0 N–H and O–H groups in total. The Kier molecular flexibility index (Phi) is 3.53. The minimum atomic E-state index is -0.143. The molecule has 0 unspecified atom stereocenters. The van der Waals surface area contributed by atoms with Gasteiger partial charge in [0.1, 0.15) is 5.82 Å². The molecule has 5 rings (SSSR count). The monoisotopic (exact) mass is 361 g/mol. The lowest BCUT2D eigenvalue weighted by Gasteiger charge is -2.23. The summed E-state index contributed by atoms with van der Waals surface area (Å²) in [5.74, 6) is 1.67. The van der Waals surface area contributed by atoms with Crippen LogP contribution in [-0.2, 0) is 12.0 Å². The molecular formula is C19H19N7O. The van der Waals surface area contributed by atoms with Gasteiger partial charge in [0, 0.05) is 37.6 Å². The average Bonchev–Trinajstić information content (AvgIpc) is 3.29. The number of aryl methyl sites for hydroxylation is 1. The summed E-state index contributed by atoms with van der Waals surface area (Å²) in [5.41, 5.74) is 1.82. The molecule has 0 aliphatic carbocycles. The second-order valence-electron chi connectivity index (χ2n) is 7.30. The molecule has 5 heterocycles. The first-order chi connectivity index (χ1) is 13.2. The molecule has 8 nitrogen and oxygen atoms in total. The van der Waals surface area contributed by atoms with Gasteiger partial charge in [-0.2, -0.15) is 5.10 Å². The molecular weight excluding hydrogens is 342 g/mol. The molecule has 0 bridgehead atoms. The number of hydrogen-bond donors (Lipinski definition) is 0. The standard InChI is InChI=1S/C19H19N7O/c1-13-2-3-15(22-21-13)25-10-6-19(12-25)7-11-26-17(27)16(23-24-18(19)26)14-4-8-20-9-5-14/h2-5,8-9H,6-7,10-12H2,1H3/t19-/m0/s1. The minimum Gasteiger partial charge on any atom is -0.354 e. The number of pyridine rings is 1. The van der Waals surface area contributed by atoms with Gasteiger partial charge in [-0.15, -0.1) is 15.3 Å². The van der Waals surface area contributed by atoms with E-state index in [0.717, 1.165) is 48.8 Å². The van der Waals surface area contributed by atoms with E-state index in [4.69, 9.17) is 0 Å². The number of anilines is 1. The third kappa shape index (κ3) is 2.51. The Labute approximate surface area is 155 Å². The highest BCUT2D eigenvalue weighted by atomic mass is 16.1. The van der Waals surface area contributed by atoms with Crippen LogP contribution >= 0.6 is 0 Å². The van der Waals surface area contributed by atoms with Crippen LogP contribution < -0.4 is 10.5 Å². The van der Waals surface area contributed by atoms with E-state index in [2.05, 4.69) is 30.3 Å². The van der Waals surface area contributed by atoms with Gasteiger partial charge in [-0.3, -0.25) is 14.3 Å². The van der Waals surface area contributed by atoms with Crippen LogP contribution in [0.2, 0.25) is 0 Å². The molecule has 136 valence electrons. The lowest BCUT2D eigenvalue weighted by molar-refractivity contribution is 0.457. The topological polar surface area (TPSA) is 89.7 Å². The molecule has 3 aromatic rings. The first kappa shape index (κ1) is 16.0. The molecule has 1 fully saturated rings. The largest absolute Gasteiger partial charge is 0.354 e. The zero-order valence-electron chi connectivity index (χ0n) is 15.0. The van der Waals surface area contributed by atoms with Gasteiger partial charge in [0.15, 0.2) is 11.5 Å². The van der Waals surface area contributed by atoms with Gasteiger partial charge in [-0.1, -0.05) is 0 Å². The molecule has 27 heavy (non-hydrogen) atoms. The number of rotatable bonds is 2. The van der Waals surface area contributed by atoms with Crippen molar-refractivity contribution in [1.82, 2.24) is 29.9 Å². The van der Waals surface area contributed by atoms with Crippen LogP contribution in [0.15, 0.2) is 41.5 Å². The minimum absolute atomic E-state index is 0.0725. The van der Waals surface area contributed by atoms with Crippen LogP contribution in [0.25, 0.3) is 11.3 Å². The summed E-state index contributed by atoms with van der Waals surface area (Å²) in [7, 11) is 0. The Morgan fingerprint density at radius 2 is 1.78 bits per heavy atom. The Morgan fingerprint density at radius 1 is 0.963 bits per heavy atom. The maximum Gasteiger partial charge on any atom is 0.280 e. The van der Waals surface area contributed by atoms with E-state index in [1.54, 1.807) is 29.1 Å². The van der Waals surface area contributed by atoms with Crippen LogP contribution in [0, 0.1) is 6.92 Å². The third-order valence-electron chi connectivity index (χ3n) is 5.65. The van der Waals surface area contributed by atoms with E-state index in [-0.39, 0.29) is 11.0 Å². The fourth-order valence-electron chi connectivity index (χ4n) is 4.16. The molecule has 0 radical (unpaired) electrons. The fraction of sp³-hybridized carbons (Fsp3) is 0.368. The van der Waals surface area contributed by atoms with E-state index in [1.807, 2.05) is 19.1 Å². The summed E-state index contributed by atoms with van der Waals surface area (Å²) >= 11 is 0. The molecule has 3 aromatic heterocycles. The predicted molar refractivity (Wildman–Crippen MR) is 99.4 cm³/mol. The van der Waals surface area contributed by atoms with Crippen molar-refractivity contribution < 1.29 is 0 Å². The zero-order valence-corrected chi connectivity index (χ0v) is 15.0. The highest BCUT2D eigenvalue weighted by Gasteiger charge is 2.47. The molecule has 0 amide bonds. The summed E-state index contributed by atoms with van der Waals surface area (Å²) in [6, 6.07) is 7.55. The number of fused-ring (bicyclic) bond motifs is 2. The Balaban J connectivity index is 1.50. The molecule has 2 aliphatic heterocycles. The normalized spacial score (nSPS) is 21.0. The zero-order chi connectivity index (χ0) is 18.4. The maximum atomic E-state index is 13.0. The number of aromatic nitrogens is 6. The molecule has 0 aromatic carbocycles. The molecule has 2 aliphatic rings. The second-order valence-corrected chi connectivity index (χ2v) is 7.30. The van der Waals surface area contributed by atoms with Crippen molar-refractivity contribution >= 4 is 5.82 Å². The van der Waals surface area contributed by atoms with Crippen molar-refractivity contribution in [2.75, 3.05) is 18.0 Å². The van der Waals surface area contributed by atoms with Crippen LogP contribution in [0.1, 0.15) is 24.4 Å². The highest BCUT2D eigenvalue weighted by Crippen LogP contribution is 2.41. The van der Waals surface area contributed by atoms with Crippen LogP contribution in [0.5, 0.6) is 0 Å². The third-order valence-corrected chi connectivity index (χ3v) is 5.65. The molecule has 1 atom stereocenters. The highest BCUT2D eigenvalue weighted by molar-refractivity contribution is 5.56. The van der Waals surface area contributed by atoms with E-state index < -0.39 is 0 Å². The molecule has 8 heteroatoms. The quantitative estimate of drug-likeness (QED) is 0.680. The molecule has 0 saturated carbocycles. The van der Waals surface area contributed by atoms with E-state index in [0.29, 0.717) is 12.2 Å². The Hall–Kier alpha value is -3.16. The number of hydrogen-bond acceptors (Lipinski definition) is 7. The average molecular weight is 361 g/mol. The van der Waals surface area contributed by atoms with Crippen molar-refractivity contribution in [2.45, 2.75) is 31.7 Å². The van der Waals surface area contributed by atoms with Crippen LogP contribution in [0.3, 0.4) is 0 Å². The van der Waals surface area contributed by atoms with Crippen LogP contribution in [-0.4, -0.2) is 43.0 Å². The second kappa shape index (κ2) is 5.94. The van der Waals surface area contributed by atoms with Crippen LogP contribution in [0.4, 0.5) is 5.82 Å². The lowest BCUT2D eigenvalue weighted by atomic mass is 9.85. The summed E-state index contributed by atoms with van der Waals surface area (Å²) in [4.78, 5) is 19.2. The van der Waals surface area contributed by atoms with E-state index in [1.165, 1.54) is 0 Å². The fourth-order valence-corrected chi connectivity index (χ4v) is 4.16. The van der Waals surface area contributed by atoms with Gasteiger partial charge in [-0.25, -0.2) is 0 Å². The van der Waals surface area contributed by atoms with Crippen molar-refractivity contribution in [1.29, 1.82) is 0 Å². The number of nitrogens with zero attached hydrogens (tertiary/aromatic N) is 7. The molecule has 1 saturated heterocycles. The van der Waals surface area contributed by atoms with Gasteiger partial charge >= 0.3 is 0 Å². The molecule has 1 spiro atoms. The van der Waals surface area contributed by atoms with Gasteiger partial charge in [0.25, 0.3) is 5.56 Å². The smallest absolute Gasteiger partial charge is 0.280 e. The summed E-state index contributed by atoms with van der Waals surface area (Å²) in [6.45, 7) is 4.26. The summed E-state index contributed by atoms with van der Waals surface area (Å²) in [6.07, 6.45) is 5.15. The van der Waals surface area contributed by atoms with E-state index in [9.17, 15) is 4.79 Å². The van der Waals surface area contributed by atoms with E-state index >= 15 is 0 Å². The Morgan fingerprint density at radius 3 is 2.56 bits per heavy atom. The Bertz CT molecular complexity index is 1050. The maximum absolute atomic E-state index is 13.0. The van der Waals surface area contributed by atoms with Gasteiger partial charge in [0.2, 0.25) is 0 Å². The first-order valence-corrected chi connectivity index (χ1v) is 9.10. The predicted octanol–water partition coefficient (Wildman–Crippen LogP) is 1.35. The summed E-state index contributed by atoms with van der Waals surface area (Å²) in [5, 5.41) is 17.3.